The number of carbonyl (C=O) groups excluding carboxylic acids is 5. The van der Waals surface area contributed by atoms with Gasteiger partial charge in [0.25, 0.3) is 0 Å². The Bertz CT molecular complexity index is 1550. The van der Waals surface area contributed by atoms with E-state index in [4.69, 9.17) is 23.7 Å². The van der Waals surface area contributed by atoms with Crippen molar-refractivity contribution < 1.29 is 68.1 Å². The molecule has 6 fully saturated rings. The van der Waals surface area contributed by atoms with Crippen LogP contribution in [0.2, 0.25) is 0 Å². The minimum atomic E-state index is -2.25. The van der Waals surface area contributed by atoms with Crippen LogP contribution in [0.1, 0.15) is 61.8 Å². The summed E-state index contributed by atoms with van der Waals surface area (Å²) in [6, 6.07) is 0. The Morgan fingerprint density at radius 2 is 1.44 bits per heavy atom. The van der Waals surface area contributed by atoms with Crippen LogP contribution in [0, 0.1) is 51.8 Å². The van der Waals surface area contributed by atoms with Crippen molar-refractivity contribution in [3.05, 3.63) is 11.8 Å². The van der Waals surface area contributed by atoms with E-state index in [2.05, 4.69) is 0 Å². The second-order valence-electron chi connectivity index (χ2n) is 16.0. The molecule has 0 radical (unpaired) electrons. The van der Waals surface area contributed by atoms with E-state index in [-0.39, 0.29) is 12.2 Å². The Kier molecular flexibility index (Phi) is 6.90. The van der Waals surface area contributed by atoms with E-state index in [1.807, 2.05) is 6.92 Å². The SMILES string of the molecule is CC(=O)O[C@H]1[C@H]2[C@@H](C(=O)[C@H](O)[C@@]3(O)C[C@@H]4O[C@@H]4[C@H](OC(C)=O)[C@@]23C)[C@@H]2[C@@H](O)[C@H]3[C@H]([C@H](C)C=C4OC(=O)[C@@](C)(O)[C@@]43C)[C@]2(C)[C@H]1OC(C)=O. The lowest BCUT2D eigenvalue weighted by Gasteiger charge is -2.67. The van der Waals surface area contributed by atoms with Crippen molar-refractivity contribution in [3.8, 4) is 0 Å². The van der Waals surface area contributed by atoms with Crippen molar-refractivity contribution in [2.24, 2.45) is 51.8 Å². The molecule has 0 unspecified atom stereocenters. The normalized spacial score (nSPS) is 55.8. The predicted molar refractivity (Wildman–Crippen MR) is 158 cm³/mol. The zero-order valence-corrected chi connectivity index (χ0v) is 28.2. The van der Waals surface area contributed by atoms with Crippen LogP contribution in [0.3, 0.4) is 0 Å². The van der Waals surface area contributed by atoms with Gasteiger partial charge in [-0.1, -0.05) is 20.8 Å². The van der Waals surface area contributed by atoms with Crippen LogP contribution < -0.4 is 0 Å². The molecule has 4 saturated carbocycles. The number of ether oxygens (including phenoxy) is 5. The molecular formula is C34H44O14. The molecule has 14 heteroatoms. The zero-order valence-electron chi connectivity index (χ0n) is 28.2. The number of aliphatic hydroxyl groups excluding tert-OH is 2. The standard InChI is InChI=1S/C34H44O14/c1-11-9-16-31(6,33(8,42)29(41)48-16)21-18(11)30(5)19(23(21)39)17-20(25(44-12(2)35)27(30)45-13(3)36)32(7)28(46-14(4)37)24-15(47-24)10-34(32,43)26(40)22(17)38/h9,11,15,17-21,23-28,39-40,42-43H,10H2,1-8H3/t11-,15+,17+,18+,19-,20-,21-,23-,24+,25+,26+,27+,28+,30+,31+,32-,33-,34+/m1/s1. The third-order valence-corrected chi connectivity index (χ3v) is 14.0. The monoisotopic (exact) mass is 676 g/mol. The summed E-state index contributed by atoms with van der Waals surface area (Å²) in [5.74, 6) is -9.78. The van der Waals surface area contributed by atoms with Crippen LogP contribution in [0.5, 0.6) is 0 Å². The van der Waals surface area contributed by atoms with Gasteiger partial charge in [-0.3, -0.25) is 19.2 Å². The summed E-state index contributed by atoms with van der Waals surface area (Å²) < 4.78 is 29.4. The molecule has 14 nitrogen and oxygen atoms in total. The van der Waals surface area contributed by atoms with E-state index < -0.39 is 135 Å². The summed E-state index contributed by atoms with van der Waals surface area (Å²) in [6.07, 6.45) is -7.39. The van der Waals surface area contributed by atoms with Gasteiger partial charge in [-0.2, -0.15) is 0 Å². The first-order chi connectivity index (χ1) is 22.1. The number of esters is 4. The van der Waals surface area contributed by atoms with Gasteiger partial charge in [0.15, 0.2) is 11.4 Å². The molecule has 7 aliphatic rings. The lowest BCUT2D eigenvalue weighted by atomic mass is 9.40. The van der Waals surface area contributed by atoms with Crippen LogP contribution in [0.15, 0.2) is 11.8 Å². The van der Waals surface area contributed by atoms with Gasteiger partial charge >= 0.3 is 23.9 Å². The fourth-order valence-corrected chi connectivity index (χ4v) is 11.9. The Hall–Kier alpha value is -2.91. The van der Waals surface area contributed by atoms with Gasteiger partial charge in [0.1, 0.15) is 41.9 Å². The molecule has 0 aromatic rings. The third kappa shape index (κ3) is 3.68. The Balaban J connectivity index is 1.51. The molecule has 18 atom stereocenters. The molecule has 2 heterocycles. The summed E-state index contributed by atoms with van der Waals surface area (Å²) in [7, 11) is 0. The predicted octanol–water partition coefficient (Wildman–Crippen LogP) is -0.0433. The van der Waals surface area contributed by atoms with Gasteiger partial charge in [0.05, 0.1) is 17.6 Å². The van der Waals surface area contributed by atoms with E-state index in [9.17, 15) is 44.4 Å². The first-order valence-electron chi connectivity index (χ1n) is 16.6. The van der Waals surface area contributed by atoms with Crippen molar-refractivity contribution >= 4 is 29.7 Å². The maximum Gasteiger partial charge on any atom is 0.343 e. The summed E-state index contributed by atoms with van der Waals surface area (Å²) in [4.78, 5) is 66.3. The van der Waals surface area contributed by atoms with Crippen LogP contribution in [0.25, 0.3) is 0 Å². The van der Waals surface area contributed by atoms with Gasteiger partial charge in [-0.25, -0.2) is 4.79 Å². The number of hydrogen-bond donors (Lipinski definition) is 4. The van der Waals surface area contributed by atoms with Crippen molar-refractivity contribution in [2.45, 2.75) is 116 Å². The highest BCUT2D eigenvalue weighted by atomic mass is 16.6. The second-order valence-corrected chi connectivity index (χ2v) is 16.0. The molecule has 0 bridgehead atoms. The number of ketones is 1. The molecule has 2 saturated heterocycles. The van der Waals surface area contributed by atoms with Gasteiger partial charge in [-0.05, 0) is 31.8 Å². The smallest absolute Gasteiger partial charge is 0.343 e. The van der Waals surface area contributed by atoms with Gasteiger partial charge in [0, 0.05) is 61.7 Å². The lowest BCUT2D eigenvalue weighted by Crippen LogP contribution is -2.80. The van der Waals surface area contributed by atoms with E-state index >= 15 is 0 Å². The molecule has 0 spiro atoms. The zero-order chi connectivity index (χ0) is 35.4. The van der Waals surface area contributed by atoms with E-state index in [0.717, 1.165) is 6.92 Å². The minimum absolute atomic E-state index is 0.167. The highest BCUT2D eigenvalue weighted by molar-refractivity contribution is 5.90. The first-order valence-corrected chi connectivity index (χ1v) is 16.6. The van der Waals surface area contributed by atoms with Gasteiger partial charge in [0.2, 0.25) is 0 Å². The average Bonchev–Trinajstić information content (AvgIpc) is 3.64. The maximum absolute atomic E-state index is 14.7. The van der Waals surface area contributed by atoms with E-state index in [1.54, 1.807) is 26.8 Å². The van der Waals surface area contributed by atoms with E-state index in [1.165, 1.54) is 20.8 Å². The van der Waals surface area contributed by atoms with Gasteiger partial charge in [-0.15, -0.1) is 0 Å². The molecule has 264 valence electrons. The molecule has 0 aromatic carbocycles. The Labute approximate surface area is 277 Å². The largest absolute Gasteiger partial charge is 0.459 e. The first kappa shape index (κ1) is 33.6. The number of hydrogen-bond acceptors (Lipinski definition) is 14. The quantitative estimate of drug-likeness (QED) is 0.175. The summed E-state index contributed by atoms with van der Waals surface area (Å²) in [5.41, 5.74) is -9.01. The molecule has 2 aliphatic heterocycles. The Morgan fingerprint density at radius 1 is 0.854 bits per heavy atom. The number of aliphatic hydroxyl groups is 4. The second kappa shape index (κ2) is 9.87. The topological polar surface area (TPSA) is 216 Å². The highest BCUT2D eigenvalue weighted by Gasteiger charge is 2.85. The number of epoxide rings is 1. The number of Topliss-reactive ketones (excluding diaryl/α,β-unsaturated/α-hetero) is 1. The molecule has 4 N–H and O–H groups in total. The average molecular weight is 677 g/mol. The molecule has 48 heavy (non-hydrogen) atoms. The molecular weight excluding hydrogens is 632 g/mol. The fraction of sp³-hybridized carbons (Fsp3) is 0.794. The third-order valence-electron chi connectivity index (χ3n) is 14.0. The summed E-state index contributed by atoms with van der Waals surface area (Å²) in [5, 5.41) is 48.6. The maximum atomic E-state index is 14.7. The molecule has 5 aliphatic carbocycles. The van der Waals surface area contributed by atoms with Crippen LogP contribution >= 0.6 is 0 Å². The van der Waals surface area contributed by atoms with Crippen molar-refractivity contribution in [1.82, 2.24) is 0 Å². The van der Waals surface area contributed by atoms with Crippen LogP contribution in [0.4, 0.5) is 0 Å². The van der Waals surface area contributed by atoms with Crippen molar-refractivity contribution in [1.29, 1.82) is 0 Å². The number of rotatable bonds is 3. The number of fused-ring (bicyclic) bond motifs is 10. The number of allylic oxidation sites excluding steroid dienone is 1. The lowest BCUT2D eigenvalue weighted by molar-refractivity contribution is -0.302. The fourth-order valence-electron chi connectivity index (χ4n) is 11.9. The number of carbonyl (C=O) groups is 5. The van der Waals surface area contributed by atoms with Crippen LogP contribution in [-0.2, 0) is 47.7 Å². The summed E-state index contributed by atoms with van der Waals surface area (Å²) >= 11 is 0. The van der Waals surface area contributed by atoms with Crippen molar-refractivity contribution in [2.75, 3.05) is 0 Å². The summed E-state index contributed by atoms with van der Waals surface area (Å²) in [6.45, 7) is 11.5. The van der Waals surface area contributed by atoms with Crippen LogP contribution in [-0.4, -0.2) is 104 Å². The van der Waals surface area contributed by atoms with Crippen molar-refractivity contribution in [3.63, 3.8) is 0 Å². The Morgan fingerprint density at radius 3 is 2.02 bits per heavy atom. The van der Waals surface area contributed by atoms with Gasteiger partial charge < -0.3 is 44.1 Å². The highest BCUT2D eigenvalue weighted by Crippen LogP contribution is 2.75. The minimum Gasteiger partial charge on any atom is -0.459 e. The molecule has 0 aromatic heterocycles. The molecule has 7 rings (SSSR count). The molecule has 0 amide bonds. The van der Waals surface area contributed by atoms with E-state index in [0.29, 0.717) is 0 Å².